The van der Waals surface area contributed by atoms with Crippen molar-refractivity contribution in [1.82, 2.24) is 10.2 Å². The van der Waals surface area contributed by atoms with Crippen LogP contribution in [0.15, 0.2) is 30.3 Å². The second-order valence-corrected chi connectivity index (χ2v) is 5.74. The summed E-state index contributed by atoms with van der Waals surface area (Å²) in [6.07, 6.45) is 0.944. The molecule has 1 fully saturated rings. The van der Waals surface area contributed by atoms with Gasteiger partial charge in [-0.1, -0.05) is 44.2 Å². The fourth-order valence-electron chi connectivity index (χ4n) is 3.00. The molecule has 1 heterocycles. The van der Waals surface area contributed by atoms with Crippen LogP contribution in [0.25, 0.3) is 0 Å². The second-order valence-electron chi connectivity index (χ2n) is 5.74. The van der Waals surface area contributed by atoms with Crippen molar-refractivity contribution in [3.05, 3.63) is 35.9 Å². The van der Waals surface area contributed by atoms with Crippen molar-refractivity contribution < 1.29 is 8.78 Å². The van der Waals surface area contributed by atoms with Crippen molar-refractivity contribution in [2.45, 2.75) is 32.2 Å². The van der Waals surface area contributed by atoms with Gasteiger partial charge in [0.1, 0.15) is 0 Å². The van der Waals surface area contributed by atoms with E-state index >= 15 is 0 Å². The Hall–Kier alpha value is -1.00. The number of piperidine rings is 1. The number of halogens is 2. The number of nitrogens with zero attached hydrogens (tertiary/aromatic N) is 1. The normalized spacial score (nSPS) is 24.8. The highest BCUT2D eigenvalue weighted by atomic mass is 19.3. The molecule has 2 nitrogen and oxygen atoms in total. The Labute approximate surface area is 120 Å². The predicted molar refractivity (Wildman–Crippen MR) is 78.0 cm³/mol. The molecule has 1 aromatic carbocycles. The van der Waals surface area contributed by atoms with Gasteiger partial charge < -0.3 is 5.32 Å². The van der Waals surface area contributed by atoms with Gasteiger partial charge >= 0.3 is 0 Å². The van der Waals surface area contributed by atoms with Crippen LogP contribution in [-0.4, -0.2) is 37.1 Å². The van der Waals surface area contributed by atoms with E-state index in [9.17, 15) is 8.78 Å². The number of hydrogen-bond acceptors (Lipinski definition) is 2. The van der Waals surface area contributed by atoms with E-state index in [1.165, 1.54) is 12.1 Å². The van der Waals surface area contributed by atoms with Crippen molar-refractivity contribution >= 4 is 0 Å². The number of benzene rings is 1. The topological polar surface area (TPSA) is 15.3 Å². The van der Waals surface area contributed by atoms with Crippen LogP contribution in [0.3, 0.4) is 0 Å². The van der Waals surface area contributed by atoms with E-state index in [-0.39, 0.29) is 12.1 Å². The Morgan fingerprint density at radius 3 is 2.60 bits per heavy atom. The summed E-state index contributed by atoms with van der Waals surface area (Å²) in [5, 5.41) is 3.44. The lowest BCUT2D eigenvalue weighted by molar-refractivity contribution is -0.0481. The van der Waals surface area contributed by atoms with Crippen LogP contribution < -0.4 is 5.32 Å². The minimum Gasteiger partial charge on any atom is -0.314 e. The molecule has 0 spiro atoms. The summed E-state index contributed by atoms with van der Waals surface area (Å²) in [6.45, 7) is 6.46. The first kappa shape index (κ1) is 15.4. The minimum atomic E-state index is -2.77. The lowest BCUT2D eigenvalue weighted by Crippen LogP contribution is -2.50. The summed E-state index contributed by atoms with van der Waals surface area (Å²) >= 11 is 0. The largest absolute Gasteiger partial charge is 0.314 e. The quantitative estimate of drug-likeness (QED) is 0.893. The molecule has 112 valence electrons. The van der Waals surface area contributed by atoms with Crippen LogP contribution in [0.4, 0.5) is 8.78 Å². The first-order chi connectivity index (χ1) is 9.53. The molecule has 2 atom stereocenters. The van der Waals surface area contributed by atoms with Gasteiger partial charge in [0, 0.05) is 18.2 Å². The molecule has 0 amide bonds. The maximum absolute atomic E-state index is 14.3. The third-order valence-electron chi connectivity index (χ3n) is 4.07. The van der Waals surface area contributed by atoms with Crippen LogP contribution in [0, 0.1) is 5.92 Å². The summed E-state index contributed by atoms with van der Waals surface area (Å²) in [5.41, 5.74) is 0.112. The lowest BCUT2D eigenvalue weighted by Gasteiger charge is -2.38. The second kappa shape index (κ2) is 6.64. The maximum Gasteiger partial charge on any atom is 0.285 e. The predicted octanol–water partition coefficient (Wildman–Crippen LogP) is 3.10. The summed E-state index contributed by atoms with van der Waals surface area (Å²) in [5.74, 6) is -2.36. The molecule has 0 saturated carbocycles. The first-order valence-corrected chi connectivity index (χ1v) is 7.42. The van der Waals surface area contributed by atoms with Crippen LogP contribution in [0.1, 0.15) is 25.8 Å². The zero-order valence-electron chi connectivity index (χ0n) is 12.3. The van der Waals surface area contributed by atoms with Gasteiger partial charge in [0.05, 0.1) is 6.54 Å². The molecule has 20 heavy (non-hydrogen) atoms. The van der Waals surface area contributed by atoms with Gasteiger partial charge in [-0.05, 0) is 25.4 Å². The van der Waals surface area contributed by atoms with Crippen molar-refractivity contribution in [2.24, 2.45) is 5.92 Å². The average molecular weight is 282 g/mol. The molecule has 0 aromatic heterocycles. The number of nitrogens with one attached hydrogen (secondary N) is 1. The lowest BCUT2D eigenvalue weighted by atomic mass is 9.93. The Kier molecular flexibility index (Phi) is 5.11. The van der Waals surface area contributed by atoms with Crippen LogP contribution >= 0.6 is 0 Å². The standard InChI is InChI=1S/C16H24F2N2/c1-3-19-15-9-10-20(11-13(15)2)12-16(17,18)14-7-5-4-6-8-14/h4-8,13,15,19H,3,9-12H2,1-2H3. The monoisotopic (exact) mass is 282 g/mol. The number of hydrogen-bond donors (Lipinski definition) is 1. The van der Waals surface area contributed by atoms with Crippen molar-refractivity contribution in [3.63, 3.8) is 0 Å². The molecule has 1 aliphatic rings. The number of alkyl halides is 2. The highest BCUT2D eigenvalue weighted by molar-refractivity contribution is 5.20. The van der Waals surface area contributed by atoms with Gasteiger partial charge in [0.25, 0.3) is 5.92 Å². The Morgan fingerprint density at radius 2 is 2.00 bits per heavy atom. The molecule has 0 aliphatic carbocycles. The fourth-order valence-corrected chi connectivity index (χ4v) is 3.00. The average Bonchev–Trinajstić information content (AvgIpc) is 2.43. The van der Waals surface area contributed by atoms with Crippen molar-refractivity contribution in [1.29, 1.82) is 0 Å². The molecule has 1 N–H and O–H groups in total. The Morgan fingerprint density at radius 1 is 1.30 bits per heavy atom. The first-order valence-electron chi connectivity index (χ1n) is 7.42. The fraction of sp³-hybridized carbons (Fsp3) is 0.625. The molecule has 1 aromatic rings. The van der Waals surface area contributed by atoms with Gasteiger partial charge in [-0.3, -0.25) is 4.90 Å². The van der Waals surface area contributed by atoms with E-state index in [2.05, 4.69) is 19.2 Å². The highest BCUT2D eigenvalue weighted by Gasteiger charge is 2.36. The van der Waals surface area contributed by atoms with Gasteiger partial charge in [-0.15, -0.1) is 0 Å². The summed E-state index contributed by atoms with van der Waals surface area (Å²) in [7, 11) is 0. The van der Waals surface area contributed by atoms with E-state index in [4.69, 9.17) is 0 Å². The van der Waals surface area contributed by atoms with Gasteiger partial charge in [0.15, 0.2) is 0 Å². The maximum atomic E-state index is 14.3. The molecule has 0 radical (unpaired) electrons. The van der Waals surface area contributed by atoms with Crippen LogP contribution in [0.5, 0.6) is 0 Å². The van der Waals surface area contributed by atoms with E-state index in [0.717, 1.165) is 26.1 Å². The smallest absolute Gasteiger partial charge is 0.285 e. The SMILES string of the molecule is CCNC1CCN(CC(F)(F)c2ccccc2)CC1C. The molecular formula is C16H24F2N2. The zero-order chi connectivity index (χ0) is 14.6. The minimum absolute atomic E-state index is 0.112. The van der Waals surface area contributed by atoms with Crippen LogP contribution in [-0.2, 0) is 5.92 Å². The number of likely N-dealkylation sites (tertiary alicyclic amines) is 1. The molecule has 0 bridgehead atoms. The van der Waals surface area contributed by atoms with E-state index < -0.39 is 5.92 Å². The van der Waals surface area contributed by atoms with E-state index in [1.54, 1.807) is 18.2 Å². The summed E-state index contributed by atoms with van der Waals surface area (Å²) in [4.78, 5) is 1.89. The zero-order valence-corrected chi connectivity index (χ0v) is 12.3. The summed E-state index contributed by atoms with van der Waals surface area (Å²) < 4.78 is 28.5. The third kappa shape index (κ3) is 3.76. The van der Waals surface area contributed by atoms with Crippen LogP contribution in [0.2, 0.25) is 0 Å². The van der Waals surface area contributed by atoms with Gasteiger partial charge in [-0.2, -0.15) is 8.78 Å². The highest BCUT2D eigenvalue weighted by Crippen LogP contribution is 2.30. The van der Waals surface area contributed by atoms with E-state index in [1.807, 2.05) is 4.90 Å². The molecule has 2 rings (SSSR count). The molecule has 1 saturated heterocycles. The molecular weight excluding hydrogens is 258 g/mol. The van der Waals surface area contributed by atoms with Crippen molar-refractivity contribution in [2.75, 3.05) is 26.2 Å². The van der Waals surface area contributed by atoms with Crippen molar-refractivity contribution in [3.8, 4) is 0 Å². The number of rotatable bonds is 5. The third-order valence-corrected chi connectivity index (χ3v) is 4.07. The molecule has 1 aliphatic heterocycles. The van der Waals surface area contributed by atoms with Gasteiger partial charge in [0.2, 0.25) is 0 Å². The molecule has 4 heteroatoms. The van der Waals surface area contributed by atoms with E-state index in [0.29, 0.717) is 12.0 Å². The Bertz CT molecular complexity index is 408. The Balaban J connectivity index is 1.94. The summed E-state index contributed by atoms with van der Waals surface area (Å²) in [6, 6.07) is 8.58. The van der Waals surface area contributed by atoms with Gasteiger partial charge in [-0.25, -0.2) is 0 Å². The molecule has 2 unspecified atom stereocenters.